The summed E-state index contributed by atoms with van der Waals surface area (Å²) in [5.41, 5.74) is 5.72. The van der Waals surface area contributed by atoms with Gasteiger partial charge in [-0.1, -0.05) is 0 Å². The second-order valence-corrected chi connectivity index (χ2v) is 8.48. The van der Waals surface area contributed by atoms with Crippen LogP contribution < -0.4 is 10.5 Å². The average molecular weight is 270 g/mol. The van der Waals surface area contributed by atoms with Crippen LogP contribution in [0.1, 0.15) is 12.8 Å². The average Bonchev–Trinajstić information content (AvgIpc) is 2.93. The largest absolute Gasteiger partial charge is 0.326 e. The Labute approximate surface area is 96.6 Å². The molecule has 1 atom stereocenters. The van der Waals surface area contributed by atoms with Gasteiger partial charge in [-0.15, -0.1) is 0 Å². The van der Waals surface area contributed by atoms with Gasteiger partial charge in [-0.2, -0.15) is 0 Å². The second kappa shape index (κ2) is 4.99. The molecule has 1 aliphatic carbocycles. The van der Waals surface area contributed by atoms with Crippen LogP contribution in [0.3, 0.4) is 0 Å². The minimum absolute atomic E-state index is 0.159. The van der Waals surface area contributed by atoms with Crippen molar-refractivity contribution in [2.75, 3.05) is 24.3 Å². The summed E-state index contributed by atoms with van der Waals surface area (Å²) in [5, 5.41) is 0. The maximum atomic E-state index is 11.4. The zero-order valence-electron chi connectivity index (χ0n) is 9.22. The molecule has 0 aromatic heterocycles. The zero-order valence-corrected chi connectivity index (χ0v) is 10.9. The highest BCUT2D eigenvalue weighted by molar-refractivity contribution is 7.93. The molecule has 0 heterocycles. The summed E-state index contributed by atoms with van der Waals surface area (Å²) in [6.07, 6.45) is 3.11. The highest BCUT2D eigenvalue weighted by atomic mass is 32.2. The van der Waals surface area contributed by atoms with Gasteiger partial charge in [-0.3, -0.25) is 0 Å². The Morgan fingerprint density at radius 3 is 2.25 bits per heavy atom. The molecule has 0 aromatic rings. The van der Waals surface area contributed by atoms with Crippen molar-refractivity contribution in [3.8, 4) is 0 Å². The first kappa shape index (κ1) is 13.9. The maximum Gasteiger partial charge on any atom is 0.212 e. The van der Waals surface area contributed by atoms with Crippen molar-refractivity contribution in [3.63, 3.8) is 0 Å². The Balaban J connectivity index is 2.33. The first-order chi connectivity index (χ1) is 7.20. The van der Waals surface area contributed by atoms with E-state index in [0.717, 1.165) is 19.1 Å². The number of nitrogens with one attached hydrogen (secondary N) is 1. The predicted octanol–water partition coefficient (Wildman–Crippen LogP) is -1.31. The summed E-state index contributed by atoms with van der Waals surface area (Å²) in [6, 6.07) is -0.159. The van der Waals surface area contributed by atoms with E-state index in [1.165, 1.54) is 0 Å². The van der Waals surface area contributed by atoms with E-state index < -0.39 is 25.6 Å². The molecular weight excluding hydrogens is 252 g/mol. The van der Waals surface area contributed by atoms with Gasteiger partial charge in [0.2, 0.25) is 10.0 Å². The second-order valence-electron chi connectivity index (χ2n) is 4.30. The maximum absolute atomic E-state index is 11.4. The van der Waals surface area contributed by atoms with Gasteiger partial charge in [0.05, 0.1) is 11.5 Å². The van der Waals surface area contributed by atoms with Crippen molar-refractivity contribution in [2.24, 2.45) is 11.7 Å². The molecule has 0 saturated heterocycles. The molecule has 1 unspecified atom stereocenters. The number of sulfone groups is 1. The number of hydrogen-bond donors (Lipinski definition) is 2. The zero-order chi connectivity index (χ0) is 12.4. The van der Waals surface area contributed by atoms with Crippen molar-refractivity contribution in [3.05, 3.63) is 0 Å². The van der Waals surface area contributed by atoms with Crippen LogP contribution in [-0.2, 0) is 19.9 Å². The van der Waals surface area contributed by atoms with Crippen LogP contribution in [0.4, 0.5) is 0 Å². The van der Waals surface area contributed by atoms with Crippen LogP contribution in [0.25, 0.3) is 0 Å². The van der Waals surface area contributed by atoms with Crippen LogP contribution in [0, 0.1) is 5.92 Å². The Bertz CT molecular complexity index is 425. The molecule has 0 aliphatic heterocycles. The molecule has 16 heavy (non-hydrogen) atoms. The van der Waals surface area contributed by atoms with E-state index in [0.29, 0.717) is 5.92 Å². The van der Waals surface area contributed by atoms with E-state index in [1.807, 2.05) is 0 Å². The van der Waals surface area contributed by atoms with Crippen molar-refractivity contribution in [1.82, 2.24) is 4.72 Å². The minimum Gasteiger partial charge on any atom is -0.326 e. The normalized spacial score (nSPS) is 19.6. The summed E-state index contributed by atoms with van der Waals surface area (Å²) in [5.74, 6) is -0.345. The number of nitrogens with two attached hydrogens (primary N) is 1. The molecule has 0 radical (unpaired) electrons. The molecule has 1 aliphatic rings. The fourth-order valence-electron chi connectivity index (χ4n) is 1.25. The minimum atomic E-state index is -3.52. The molecule has 0 bridgehead atoms. The Morgan fingerprint density at radius 1 is 1.25 bits per heavy atom. The van der Waals surface area contributed by atoms with Gasteiger partial charge in [-0.05, 0) is 18.8 Å². The number of hydrogen-bond acceptors (Lipinski definition) is 5. The van der Waals surface area contributed by atoms with E-state index in [9.17, 15) is 16.8 Å². The molecule has 0 aromatic carbocycles. The molecular formula is C8H18N2O4S2. The lowest BCUT2D eigenvalue weighted by Gasteiger charge is -2.11. The van der Waals surface area contributed by atoms with Gasteiger partial charge >= 0.3 is 0 Å². The summed E-state index contributed by atoms with van der Waals surface area (Å²) in [4.78, 5) is 0. The predicted molar refractivity (Wildman–Crippen MR) is 62.2 cm³/mol. The van der Waals surface area contributed by atoms with Crippen LogP contribution in [0.5, 0.6) is 0 Å². The van der Waals surface area contributed by atoms with E-state index in [-0.39, 0.29) is 18.3 Å². The molecule has 1 fully saturated rings. The monoisotopic (exact) mass is 270 g/mol. The highest BCUT2D eigenvalue weighted by Crippen LogP contribution is 2.31. The number of sulfonamides is 1. The lowest BCUT2D eigenvalue weighted by molar-refractivity contribution is 0.547. The molecule has 96 valence electrons. The van der Waals surface area contributed by atoms with Crippen LogP contribution in [0.2, 0.25) is 0 Å². The van der Waals surface area contributed by atoms with E-state index in [4.69, 9.17) is 5.73 Å². The third kappa shape index (κ3) is 5.78. The first-order valence-corrected chi connectivity index (χ1v) is 8.81. The van der Waals surface area contributed by atoms with E-state index in [1.54, 1.807) is 0 Å². The van der Waals surface area contributed by atoms with Crippen molar-refractivity contribution in [1.29, 1.82) is 0 Å². The molecule has 1 saturated carbocycles. The Kier molecular flexibility index (Phi) is 4.33. The highest BCUT2D eigenvalue weighted by Gasteiger charge is 2.29. The van der Waals surface area contributed by atoms with Gasteiger partial charge in [0.25, 0.3) is 0 Å². The van der Waals surface area contributed by atoms with Crippen molar-refractivity contribution < 1.29 is 16.8 Å². The molecule has 0 amide bonds. The van der Waals surface area contributed by atoms with Crippen LogP contribution in [-0.4, -0.2) is 47.2 Å². The standard InChI is InChI=1S/C8H18N2O4S2/c1-15(11,12)4-5-16(13,14)10-6-8(9)7-2-3-7/h7-8,10H,2-6,9H2,1H3. The summed E-state index contributed by atoms with van der Waals surface area (Å²) >= 11 is 0. The van der Waals surface area contributed by atoms with Gasteiger partial charge in [0.1, 0.15) is 9.84 Å². The van der Waals surface area contributed by atoms with E-state index in [2.05, 4.69) is 4.72 Å². The Hall–Kier alpha value is -0.180. The van der Waals surface area contributed by atoms with Crippen LogP contribution in [0.15, 0.2) is 0 Å². The molecule has 8 heteroatoms. The quantitative estimate of drug-likeness (QED) is 0.597. The van der Waals surface area contributed by atoms with Gasteiger partial charge in [0, 0.05) is 18.8 Å². The summed E-state index contributed by atoms with van der Waals surface area (Å²) in [7, 11) is -6.78. The molecule has 0 spiro atoms. The van der Waals surface area contributed by atoms with Gasteiger partial charge < -0.3 is 5.73 Å². The summed E-state index contributed by atoms with van der Waals surface area (Å²) in [6.45, 7) is 0.191. The fourth-order valence-corrected chi connectivity index (χ4v) is 3.93. The first-order valence-electron chi connectivity index (χ1n) is 5.10. The van der Waals surface area contributed by atoms with Gasteiger partial charge in [0.15, 0.2) is 0 Å². The lowest BCUT2D eigenvalue weighted by atomic mass is 10.2. The van der Waals surface area contributed by atoms with Crippen molar-refractivity contribution >= 4 is 19.9 Å². The number of rotatable bonds is 7. The molecule has 6 nitrogen and oxygen atoms in total. The van der Waals surface area contributed by atoms with Gasteiger partial charge in [-0.25, -0.2) is 21.6 Å². The van der Waals surface area contributed by atoms with Crippen molar-refractivity contribution in [2.45, 2.75) is 18.9 Å². The van der Waals surface area contributed by atoms with Crippen LogP contribution >= 0.6 is 0 Å². The third-order valence-electron chi connectivity index (χ3n) is 2.49. The smallest absolute Gasteiger partial charge is 0.212 e. The summed E-state index contributed by atoms with van der Waals surface area (Å²) < 4.78 is 46.8. The topological polar surface area (TPSA) is 106 Å². The fraction of sp³-hybridized carbons (Fsp3) is 1.00. The SMILES string of the molecule is CS(=O)(=O)CCS(=O)(=O)NCC(N)C1CC1. The van der Waals surface area contributed by atoms with E-state index >= 15 is 0 Å². The Morgan fingerprint density at radius 2 is 1.81 bits per heavy atom. The lowest BCUT2D eigenvalue weighted by Crippen LogP contribution is -2.40. The molecule has 1 rings (SSSR count). The third-order valence-corrected chi connectivity index (χ3v) is 5.04. The molecule has 3 N–H and O–H groups in total.